The second kappa shape index (κ2) is 4.57. The van der Waals surface area contributed by atoms with Crippen molar-refractivity contribution in [3.05, 3.63) is 57.2 Å². The van der Waals surface area contributed by atoms with E-state index in [1.807, 2.05) is 35.0 Å². The molecule has 3 aromatic rings. The molecule has 18 heavy (non-hydrogen) atoms. The van der Waals surface area contributed by atoms with E-state index in [0.717, 1.165) is 21.4 Å². The highest BCUT2D eigenvalue weighted by Gasteiger charge is 2.10. The van der Waals surface area contributed by atoms with Crippen LogP contribution in [0.3, 0.4) is 0 Å². The van der Waals surface area contributed by atoms with E-state index in [0.29, 0.717) is 10.0 Å². The highest BCUT2D eigenvalue weighted by molar-refractivity contribution is 9.10. The molecular weight excluding hydrogens is 335 g/mol. The fraction of sp³-hybridized carbons (Fsp3) is 0. The van der Waals surface area contributed by atoms with Crippen LogP contribution >= 0.6 is 39.1 Å². The standard InChI is InChI=1S/C13H7BrCl2N2/c14-10-2-1-5-18-7-12(17-13(10)18)9-6-8(15)3-4-11(9)16/h1-7H. The molecule has 0 N–H and O–H groups in total. The number of aromatic nitrogens is 2. The first-order chi connectivity index (χ1) is 8.65. The Balaban J connectivity index is 2.26. The molecule has 5 heteroatoms. The molecule has 0 radical (unpaired) electrons. The first kappa shape index (κ1) is 12.0. The monoisotopic (exact) mass is 340 g/mol. The van der Waals surface area contributed by atoms with Gasteiger partial charge in [0.05, 0.1) is 15.2 Å². The van der Waals surface area contributed by atoms with Crippen molar-refractivity contribution in [3.63, 3.8) is 0 Å². The molecule has 3 rings (SSSR count). The van der Waals surface area contributed by atoms with E-state index in [2.05, 4.69) is 20.9 Å². The summed E-state index contributed by atoms with van der Waals surface area (Å²) >= 11 is 15.6. The van der Waals surface area contributed by atoms with Gasteiger partial charge >= 0.3 is 0 Å². The fourth-order valence-electron chi connectivity index (χ4n) is 1.80. The lowest BCUT2D eigenvalue weighted by atomic mass is 10.2. The Morgan fingerprint density at radius 3 is 2.78 bits per heavy atom. The number of hydrogen-bond donors (Lipinski definition) is 0. The number of fused-ring (bicyclic) bond motifs is 1. The average Bonchev–Trinajstić information content (AvgIpc) is 2.77. The summed E-state index contributed by atoms with van der Waals surface area (Å²) in [6.45, 7) is 0. The first-order valence-electron chi connectivity index (χ1n) is 5.24. The summed E-state index contributed by atoms with van der Waals surface area (Å²) in [5.74, 6) is 0. The van der Waals surface area contributed by atoms with Gasteiger partial charge in [-0.1, -0.05) is 23.2 Å². The largest absolute Gasteiger partial charge is 0.306 e. The topological polar surface area (TPSA) is 17.3 Å². The Labute approximate surface area is 122 Å². The molecule has 0 aliphatic carbocycles. The molecule has 0 bridgehead atoms. The molecule has 0 atom stereocenters. The van der Waals surface area contributed by atoms with Crippen LogP contribution in [0.5, 0.6) is 0 Å². The highest BCUT2D eigenvalue weighted by atomic mass is 79.9. The van der Waals surface area contributed by atoms with Crippen LogP contribution < -0.4 is 0 Å². The van der Waals surface area contributed by atoms with Gasteiger partial charge in [-0.05, 0) is 46.3 Å². The Morgan fingerprint density at radius 1 is 1.17 bits per heavy atom. The van der Waals surface area contributed by atoms with Gasteiger partial charge in [0.25, 0.3) is 0 Å². The van der Waals surface area contributed by atoms with Crippen LogP contribution in [-0.4, -0.2) is 9.38 Å². The van der Waals surface area contributed by atoms with Crippen molar-refractivity contribution < 1.29 is 0 Å². The van der Waals surface area contributed by atoms with Crippen molar-refractivity contribution in [3.8, 4) is 11.3 Å². The normalized spacial score (nSPS) is 11.1. The zero-order valence-electron chi connectivity index (χ0n) is 9.07. The van der Waals surface area contributed by atoms with Gasteiger partial charge < -0.3 is 4.40 Å². The predicted octanol–water partition coefficient (Wildman–Crippen LogP) is 5.07. The van der Waals surface area contributed by atoms with Crippen LogP contribution in [0.2, 0.25) is 10.0 Å². The predicted molar refractivity (Wildman–Crippen MR) is 78.3 cm³/mol. The number of rotatable bonds is 1. The van der Waals surface area contributed by atoms with Crippen molar-refractivity contribution in [2.75, 3.05) is 0 Å². The minimum Gasteiger partial charge on any atom is -0.306 e. The minimum absolute atomic E-state index is 0.638. The van der Waals surface area contributed by atoms with Crippen molar-refractivity contribution in [1.29, 1.82) is 0 Å². The van der Waals surface area contributed by atoms with E-state index in [9.17, 15) is 0 Å². The molecule has 2 nitrogen and oxygen atoms in total. The SMILES string of the molecule is Clc1ccc(Cl)c(-c2cn3cccc(Br)c3n2)c1. The van der Waals surface area contributed by atoms with Crippen molar-refractivity contribution >= 4 is 44.8 Å². The summed E-state index contributed by atoms with van der Waals surface area (Å²) in [6.07, 6.45) is 3.87. The molecule has 2 aromatic heterocycles. The third-order valence-corrected chi connectivity index (χ3v) is 3.82. The second-order valence-corrected chi connectivity index (χ2v) is 5.54. The van der Waals surface area contributed by atoms with E-state index in [1.54, 1.807) is 12.1 Å². The zero-order valence-corrected chi connectivity index (χ0v) is 12.2. The highest BCUT2D eigenvalue weighted by Crippen LogP contribution is 2.31. The molecule has 2 heterocycles. The van der Waals surface area contributed by atoms with E-state index in [-0.39, 0.29) is 0 Å². The van der Waals surface area contributed by atoms with Gasteiger partial charge in [0.15, 0.2) is 5.65 Å². The number of benzene rings is 1. The molecule has 0 spiro atoms. The summed E-state index contributed by atoms with van der Waals surface area (Å²) in [4.78, 5) is 4.56. The zero-order chi connectivity index (χ0) is 12.7. The molecule has 0 fully saturated rings. The van der Waals surface area contributed by atoms with Gasteiger partial charge in [0, 0.05) is 23.0 Å². The van der Waals surface area contributed by atoms with Crippen LogP contribution in [0.15, 0.2) is 47.2 Å². The van der Waals surface area contributed by atoms with Crippen LogP contribution in [-0.2, 0) is 0 Å². The quantitative estimate of drug-likeness (QED) is 0.604. The molecule has 0 aliphatic rings. The number of hydrogen-bond acceptors (Lipinski definition) is 1. The van der Waals surface area contributed by atoms with E-state index >= 15 is 0 Å². The summed E-state index contributed by atoms with van der Waals surface area (Å²) < 4.78 is 2.88. The minimum atomic E-state index is 0.638. The molecule has 1 aromatic carbocycles. The summed E-state index contributed by atoms with van der Waals surface area (Å²) in [5.41, 5.74) is 2.48. The molecule has 0 saturated heterocycles. The van der Waals surface area contributed by atoms with Gasteiger partial charge in [-0.25, -0.2) is 4.98 Å². The number of pyridine rings is 1. The fourth-order valence-corrected chi connectivity index (χ4v) is 2.63. The number of nitrogens with zero attached hydrogens (tertiary/aromatic N) is 2. The third kappa shape index (κ3) is 2.03. The van der Waals surface area contributed by atoms with Gasteiger partial charge in [-0.15, -0.1) is 0 Å². The van der Waals surface area contributed by atoms with Gasteiger partial charge in [-0.2, -0.15) is 0 Å². The Morgan fingerprint density at radius 2 is 2.00 bits per heavy atom. The third-order valence-electron chi connectivity index (χ3n) is 2.64. The molecule has 0 aliphatic heterocycles. The molecule has 0 amide bonds. The van der Waals surface area contributed by atoms with E-state index in [4.69, 9.17) is 23.2 Å². The maximum Gasteiger partial charge on any atom is 0.151 e. The van der Waals surface area contributed by atoms with Crippen LogP contribution in [0, 0.1) is 0 Å². The lowest BCUT2D eigenvalue weighted by molar-refractivity contribution is 1.18. The second-order valence-electron chi connectivity index (χ2n) is 3.84. The number of imidazole rings is 1. The molecule has 0 saturated carbocycles. The molecular formula is C13H7BrCl2N2. The maximum atomic E-state index is 6.18. The smallest absolute Gasteiger partial charge is 0.151 e. The lowest BCUT2D eigenvalue weighted by Crippen LogP contribution is -1.81. The molecule has 0 unspecified atom stereocenters. The van der Waals surface area contributed by atoms with Gasteiger partial charge in [0.1, 0.15) is 0 Å². The van der Waals surface area contributed by atoms with Crippen molar-refractivity contribution in [2.24, 2.45) is 0 Å². The van der Waals surface area contributed by atoms with Crippen LogP contribution in [0.4, 0.5) is 0 Å². The Kier molecular flexibility index (Phi) is 3.06. The van der Waals surface area contributed by atoms with Gasteiger partial charge in [-0.3, -0.25) is 0 Å². The summed E-state index contributed by atoms with van der Waals surface area (Å²) in [5, 5.41) is 1.28. The van der Waals surface area contributed by atoms with Crippen molar-refractivity contribution in [1.82, 2.24) is 9.38 Å². The van der Waals surface area contributed by atoms with E-state index < -0.39 is 0 Å². The van der Waals surface area contributed by atoms with Crippen LogP contribution in [0.25, 0.3) is 16.9 Å². The lowest BCUT2D eigenvalue weighted by Gasteiger charge is -2.00. The Hall–Kier alpha value is -1.03. The number of halogens is 3. The summed E-state index contributed by atoms with van der Waals surface area (Å²) in [6, 6.07) is 9.25. The van der Waals surface area contributed by atoms with E-state index in [1.165, 1.54) is 0 Å². The van der Waals surface area contributed by atoms with Crippen LogP contribution in [0.1, 0.15) is 0 Å². The first-order valence-corrected chi connectivity index (χ1v) is 6.79. The maximum absolute atomic E-state index is 6.18. The van der Waals surface area contributed by atoms with Crippen molar-refractivity contribution in [2.45, 2.75) is 0 Å². The average molecular weight is 342 g/mol. The van der Waals surface area contributed by atoms with Gasteiger partial charge in [0.2, 0.25) is 0 Å². The molecule has 90 valence electrons. The Bertz CT molecular complexity index is 737. The summed E-state index contributed by atoms with van der Waals surface area (Å²) in [7, 11) is 0.